The average Bonchev–Trinajstić information content (AvgIpc) is 4.06. The van der Waals surface area contributed by atoms with Gasteiger partial charge in [-0.2, -0.15) is 0 Å². The van der Waals surface area contributed by atoms with Gasteiger partial charge in [-0.25, -0.2) is 0 Å². The summed E-state index contributed by atoms with van der Waals surface area (Å²) in [6.45, 7) is 1.99. The fraction of sp³-hybridized carbons (Fsp3) is 1.00. The number of aliphatic hydroxyl groups excluding tert-OH is 8. The van der Waals surface area contributed by atoms with Gasteiger partial charge in [-0.05, 0) is 6.42 Å². The number of rotatable bonds is 44. The van der Waals surface area contributed by atoms with E-state index in [2.05, 4.69) is 0 Å². The molecule has 12 atom stereocenters. The molecule has 0 saturated carbocycles. The quantitative estimate of drug-likeness (QED) is 0.0266. The molecule has 0 bridgehead atoms. The van der Waals surface area contributed by atoms with E-state index in [1.54, 1.807) is 0 Å². The molecule has 22 nitrogen and oxygen atoms in total. The zero-order valence-electron chi connectivity index (χ0n) is 33.9. The number of aliphatic hydroxyl groups is 8. The number of hydrogen-bond donors (Lipinski definition) is 8. The third kappa shape index (κ3) is 30.0. The first-order valence-corrected chi connectivity index (χ1v) is 20.2. The van der Waals surface area contributed by atoms with Crippen molar-refractivity contribution in [2.45, 2.75) is 79.7 Å². The standard InChI is InChI=1S/C37H70O22/c38-3-27(41)6-47-9-29(43)10-48-12-31(45)13-55-32(16-52-20-36-24-58-36)15-51-18-34(22-56-33(14-49-7-28(42)4-39)17-53-21-37-25-59-37)54-2-1-26(40)5-46-8-30(44)11-50-19-35-23-57-35/h26-45H,1-25H2. The third-order valence-corrected chi connectivity index (χ3v) is 8.39. The van der Waals surface area contributed by atoms with Gasteiger partial charge in [-0.1, -0.05) is 0 Å². The molecule has 0 aromatic rings. The van der Waals surface area contributed by atoms with Crippen LogP contribution in [0.15, 0.2) is 0 Å². The van der Waals surface area contributed by atoms with Gasteiger partial charge in [-0.15, -0.1) is 0 Å². The summed E-state index contributed by atoms with van der Waals surface area (Å²) in [4.78, 5) is 0. The fourth-order valence-electron chi connectivity index (χ4n) is 4.80. The predicted octanol–water partition coefficient (Wildman–Crippen LogP) is -4.99. The van der Waals surface area contributed by atoms with E-state index in [1.807, 2.05) is 0 Å². The van der Waals surface area contributed by atoms with Crippen molar-refractivity contribution >= 4 is 0 Å². The summed E-state index contributed by atoms with van der Waals surface area (Å²) in [7, 11) is 0. The first-order chi connectivity index (χ1) is 28.6. The van der Waals surface area contributed by atoms with Gasteiger partial charge in [-0.3, -0.25) is 0 Å². The van der Waals surface area contributed by atoms with E-state index in [9.17, 15) is 30.6 Å². The second-order valence-electron chi connectivity index (χ2n) is 14.6. The third-order valence-electron chi connectivity index (χ3n) is 8.39. The number of ether oxygens (including phenoxy) is 14. The van der Waals surface area contributed by atoms with E-state index in [-0.39, 0.29) is 130 Å². The molecule has 8 N–H and O–H groups in total. The van der Waals surface area contributed by atoms with Crippen LogP contribution in [0.2, 0.25) is 0 Å². The zero-order chi connectivity index (χ0) is 42.5. The van der Waals surface area contributed by atoms with Crippen LogP contribution >= 0.6 is 0 Å². The molecule has 59 heavy (non-hydrogen) atoms. The molecule has 3 heterocycles. The van der Waals surface area contributed by atoms with Crippen molar-refractivity contribution < 1.29 is 107 Å². The molecule has 0 aromatic heterocycles. The molecule has 3 aliphatic rings. The molecular weight excluding hydrogens is 796 g/mol. The molecule has 0 spiro atoms. The maximum Gasteiger partial charge on any atom is 0.104 e. The van der Waals surface area contributed by atoms with Crippen molar-refractivity contribution in [3.63, 3.8) is 0 Å². The monoisotopic (exact) mass is 866 g/mol. The molecule has 3 aliphatic heterocycles. The summed E-state index contributed by atoms with van der Waals surface area (Å²) in [6, 6.07) is 0. The summed E-state index contributed by atoms with van der Waals surface area (Å²) in [5.74, 6) is 0. The lowest BCUT2D eigenvalue weighted by Crippen LogP contribution is -2.36. The lowest BCUT2D eigenvalue weighted by molar-refractivity contribution is -0.131. The van der Waals surface area contributed by atoms with E-state index in [1.165, 1.54) is 0 Å². The Labute approximate surface area is 345 Å². The molecule has 3 fully saturated rings. The van der Waals surface area contributed by atoms with Crippen LogP contribution in [0.25, 0.3) is 0 Å². The maximum absolute atomic E-state index is 10.5. The van der Waals surface area contributed by atoms with Crippen molar-refractivity contribution in [1.82, 2.24) is 0 Å². The zero-order valence-corrected chi connectivity index (χ0v) is 33.9. The van der Waals surface area contributed by atoms with Crippen molar-refractivity contribution in [2.75, 3.05) is 159 Å². The van der Waals surface area contributed by atoms with E-state index < -0.39 is 68.1 Å². The molecule has 0 aromatic carbocycles. The Kier molecular flexibility index (Phi) is 29.1. The largest absolute Gasteiger partial charge is 0.394 e. The Bertz CT molecular complexity index is 979. The Balaban J connectivity index is 1.45. The summed E-state index contributed by atoms with van der Waals surface area (Å²) < 4.78 is 77.9. The minimum Gasteiger partial charge on any atom is -0.394 e. The van der Waals surface area contributed by atoms with Crippen LogP contribution in [0.4, 0.5) is 0 Å². The summed E-state index contributed by atoms with van der Waals surface area (Å²) in [5.41, 5.74) is 0. The van der Waals surface area contributed by atoms with E-state index in [0.29, 0.717) is 39.6 Å². The highest BCUT2D eigenvalue weighted by atomic mass is 16.6. The minimum atomic E-state index is -1.04. The smallest absolute Gasteiger partial charge is 0.104 e. The minimum absolute atomic E-state index is 0.0100. The number of hydrogen-bond acceptors (Lipinski definition) is 22. The van der Waals surface area contributed by atoms with Crippen molar-refractivity contribution in [2.24, 2.45) is 0 Å². The molecule has 0 aliphatic carbocycles. The van der Waals surface area contributed by atoms with E-state index in [4.69, 9.17) is 76.5 Å². The topological polar surface area (TPSA) is 301 Å². The summed E-state index contributed by atoms with van der Waals surface area (Å²) in [5, 5.41) is 78.0. The summed E-state index contributed by atoms with van der Waals surface area (Å²) in [6.07, 6.45) is -7.33. The lowest BCUT2D eigenvalue weighted by atomic mass is 10.3. The molecule has 12 unspecified atom stereocenters. The predicted molar refractivity (Wildman–Crippen MR) is 200 cm³/mol. The van der Waals surface area contributed by atoms with Gasteiger partial charge in [0.1, 0.15) is 67.1 Å². The average molecular weight is 867 g/mol. The van der Waals surface area contributed by atoms with Gasteiger partial charge in [0.05, 0.1) is 158 Å². The number of epoxide rings is 3. The maximum atomic E-state index is 10.5. The highest BCUT2D eigenvalue weighted by Crippen LogP contribution is 2.12. The highest BCUT2D eigenvalue weighted by molar-refractivity contribution is 4.71. The van der Waals surface area contributed by atoms with Gasteiger partial charge in [0.2, 0.25) is 0 Å². The summed E-state index contributed by atoms with van der Waals surface area (Å²) >= 11 is 0. The van der Waals surface area contributed by atoms with Crippen LogP contribution < -0.4 is 0 Å². The van der Waals surface area contributed by atoms with E-state index >= 15 is 0 Å². The Hall–Kier alpha value is -0.880. The highest BCUT2D eigenvalue weighted by Gasteiger charge is 2.26. The van der Waals surface area contributed by atoms with Gasteiger partial charge in [0, 0.05) is 6.61 Å². The van der Waals surface area contributed by atoms with Gasteiger partial charge in [0.15, 0.2) is 0 Å². The van der Waals surface area contributed by atoms with Gasteiger partial charge in [0.25, 0.3) is 0 Å². The molecular formula is C37H70O22. The lowest BCUT2D eigenvalue weighted by Gasteiger charge is -2.25. The molecule has 3 saturated heterocycles. The van der Waals surface area contributed by atoms with Crippen molar-refractivity contribution in [1.29, 1.82) is 0 Å². The van der Waals surface area contributed by atoms with Crippen molar-refractivity contribution in [3.8, 4) is 0 Å². The van der Waals surface area contributed by atoms with E-state index in [0.717, 1.165) is 0 Å². The van der Waals surface area contributed by atoms with Crippen LogP contribution in [0, 0.1) is 0 Å². The first-order valence-electron chi connectivity index (χ1n) is 20.2. The van der Waals surface area contributed by atoms with Crippen LogP contribution in [-0.2, 0) is 66.3 Å². The fourth-order valence-corrected chi connectivity index (χ4v) is 4.80. The Morgan fingerprint density at radius 1 is 0.356 bits per heavy atom. The normalized spacial score (nSPS) is 23.3. The second kappa shape index (κ2) is 32.7. The Morgan fingerprint density at radius 2 is 0.661 bits per heavy atom. The molecule has 0 radical (unpaired) electrons. The first kappa shape index (κ1) is 52.5. The molecule has 350 valence electrons. The van der Waals surface area contributed by atoms with Crippen LogP contribution in [0.3, 0.4) is 0 Å². The van der Waals surface area contributed by atoms with Gasteiger partial charge < -0.3 is 107 Å². The SMILES string of the molecule is OCC(O)COCC(O)COCC(O)COC(COCC(COC(COCC(O)CO)COCC1CO1)OCCC(O)COCC(O)COCC1CO1)COCC1CO1. The van der Waals surface area contributed by atoms with Crippen LogP contribution in [0.1, 0.15) is 6.42 Å². The van der Waals surface area contributed by atoms with Crippen LogP contribution in [-0.4, -0.2) is 273 Å². The Morgan fingerprint density at radius 3 is 1.10 bits per heavy atom. The second-order valence-corrected chi connectivity index (χ2v) is 14.6. The van der Waals surface area contributed by atoms with Crippen LogP contribution in [0.5, 0.6) is 0 Å². The molecule has 22 heteroatoms. The molecule has 0 amide bonds. The molecule has 3 rings (SSSR count). The van der Waals surface area contributed by atoms with Gasteiger partial charge >= 0.3 is 0 Å². The van der Waals surface area contributed by atoms with Crippen molar-refractivity contribution in [3.05, 3.63) is 0 Å².